The van der Waals surface area contributed by atoms with Gasteiger partial charge in [-0.25, -0.2) is 5.84 Å². The van der Waals surface area contributed by atoms with Crippen molar-refractivity contribution in [3.8, 4) is 0 Å². The van der Waals surface area contributed by atoms with E-state index >= 15 is 0 Å². The van der Waals surface area contributed by atoms with E-state index in [0.29, 0.717) is 11.4 Å². The van der Waals surface area contributed by atoms with Crippen molar-refractivity contribution in [1.29, 1.82) is 0 Å². The molecule has 1 aliphatic carbocycles. The highest BCUT2D eigenvalue weighted by molar-refractivity contribution is 5.79. The number of hydrogen-bond acceptors (Lipinski definition) is 3. The molecule has 5 heteroatoms. The summed E-state index contributed by atoms with van der Waals surface area (Å²) in [5, 5.41) is 3.16. The highest BCUT2D eigenvalue weighted by atomic mass is 16.5. The molecule has 1 saturated carbocycles. The van der Waals surface area contributed by atoms with Crippen LogP contribution in [0.5, 0.6) is 0 Å². The maximum Gasteiger partial charge on any atom is 0.205 e. The number of rotatable bonds is 6. The maximum atomic E-state index is 5.40. The highest BCUT2D eigenvalue weighted by Gasteiger charge is 2.31. The smallest absolute Gasteiger partial charge is 0.205 e. The standard InChI is InChI=1S/C11H24N4O/c1-11(5-3-6-11)9-14-10(15-12)13-7-4-8-16-2/h3-9,12H2,1-2H3,(H2,13,14,15). The van der Waals surface area contributed by atoms with Crippen LogP contribution in [0, 0.1) is 5.41 Å². The molecule has 0 bridgehead atoms. The predicted molar refractivity (Wildman–Crippen MR) is 66.1 cm³/mol. The van der Waals surface area contributed by atoms with Crippen LogP contribution < -0.4 is 16.6 Å². The van der Waals surface area contributed by atoms with E-state index in [4.69, 9.17) is 10.6 Å². The SMILES string of the molecule is COCCCNC(=NCC1(C)CCC1)NN. The lowest BCUT2D eigenvalue weighted by molar-refractivity contribution is 0.173. The van der Waals surface area contributed by atoms with E-state index in [9.17, 15) is 0 Å². The van der Waals surface area contributed by atoms with Gasteiger partial charge in [-0.15, -0.1) is 0 Å². The van der Waals surface area contributed by atoms with Crippen LogP contribution in [0.4, 0.5) is 0 Å². The Balaban J connectivity index is 2.21. The zero-order chi connectivity index (χ0) is 11.9. The number of aliphatic imine (C=N–C) groups is 1. The summed E-state index contributed by atoms with van der Waals surface area (Å²) < 4.78 is 4.97. The molecule has 1 aliphatic rings. The van der Waals surface area contributed by atoms with Crippen molar-refractivity contribution in [2.24, 2.45) is 16.3 Å². The second-order valence-corrected chi connectivity index (χ2v) is 4.75. The number of hydrogen-bond donors (Lipinski definition) is 3. The third-order valence-electron chi connectivity index (χ3n) is 3.13. The Morgan fingerprint density at radius 1 is 1.50 bits per heavy atom. The number of ether oxygens (including phenoxy) is 1. The first-order chi connectivity index (χ1) is 7.70. The molecule has 0 aromatic carbocycles. The number of nitrogens with two attached hydrogens (primary N) is 1. The molecule has 0 spiro atoms. The van der Waals surface area contributed by atoms with Gasteiger partial charge in [-0.1, -0.05) is 13.3 Å². The summed E-state index contributed by atoms with van der Waals surface area (Å²) in [4.78, 5) is 4.46. The van der Waals surface area contributed by atoms with Gasteiger partial charge < -0.3 is 10.1 Å². The number of nitrogens with zero attached hydrogens (tertiary/aromatic N) is 1. The van der Waals surface area contributed by atoms with Gasteiger partial charge in [0.1, 0.15) is 0 Å². The van der Waals surface area contributed by atoms with Crippen LogP contribution in [0.15, 0.2) is 4.99 Å². The lowest BCUT2D eigenvalue weighted by atomic mass is 9.71. The fraction of sp³-hybridized carbons (Fsp3) is 0.909. The minimum Gasteiger partial charge on any atom is -0.385 e. The van der Waals surface area contributed by atoms with Gasteiger partial charge in [0, 0.05) is 26.8 Å². The summed E-state index contributed by atoms with van der Waals surface area (Å²) in [6.45, 7) is 4.71. The summed E-state index contributed by atoms with van der Waals surface area (Å²) in [6, 6.07) is 0. The van der Waals surface area contributed by atoms with Crippen molar-refractivity contribution in [2.75, 3.05) is 26.8 Å². The average molecular weight is 228 g/mol. The Kier molecular flexibility index (Phi) is 5.55. The summed E-state index contributed by atoms with van der Waals surface area (Å²) >= 11 is 0. The number of nitrogens with one attached hydrogen (secondary N) is 2. The van der Waals surface area contributed by atoms with Crippen molar-refractivity contribution in [2.45, 2.75) is 32.6 Å². The van der Waals surface area contributed by atoms with Crippen LogP contribution >= 0.6 is 0 Å². The zero-order valence-electron chi connectivity index (χ0n) is 10.4. The lowest BCUT2D eigenvalue weighted by Gasteiger charge is -2.36. The third-order valence-corrected chi connectivity index (χ3v) is 3.13. The lowest BCUT2D eigenvalue weighted by Crippen LogP contribution is -2.43. The molecule has 16 heavy (non-hydrogen) atoms. The quantitative estimate of drug-likeness (QED) is 0.205. The Bertz CT molecular complexity index is 226. The molecule has 0 aliphatic heterocycles. The van der Waals surface area contributed by atoms with E-state index in [1.54, 1.807) is 7.11 Å². The molecule has 0 amide bonds. The van der Waals surface area contributed by atoms with Crippen LogP contribution in [0.3, 0.4) is 0 Å². The van der Waals surface area contributed by atoms with Crippen molar-refractivity contribution in [3.05, 3.63) is 0 Å². The largest absolute Gasteiger partial charge is 0.385 e. The van der Waals surface area contributed by atoms with Crippen LogP contribution in [0.2, 0.25) is 0 Å². The summed E-state index contributed by atoms with van der Waals surface area (Å²) in [6.07, 6.45) is 4.84. The first kappa shape index (κ1) is 13.3. The Labute approximate surface area is 97.8 Å². The fourth-order valence-corrected chi connectivity index (χ4v) is 1.78. The predicted octanol–water partition coefficient (Wildman–Crippen LogP) is 0.622. The molecule has 1 fully saturated rings. The molecule has 0 atom stereocenters. The van der Waals surface area contributed by atoms with Crippen molar-refractivity contribution < 1.29 is 4.74 Å². The van der Waals surface area contributed by atoms with E-state index in [2.05, 4.69) is 22.7 Å². The molecule has 5 nitrogen and oxygen atoms in total. The van der Waals surface area contributed by atoms with Crippen molar-refractivity contribution in [3.63, 3.8) is 0 Å². The molecule has 94 valence electrons. The molecule has 0 radical (unpaired) electrons. The summed E-state index contributed by atoms with van der Waals surface area (Å²) in [7, 11) is 1.70. The average Bonchev–Trinajstić information content (AvgIpc) is 2.26. The van der Waals surface area contributed by atoms with Gasteiger partial charge in [0.25, 0.3) is 0 Å². The van der Waals surface area contributed by atoms with Gasteiger partial charge in [-0.2, -0.15) is 0 Å². The summed E-state index contributed by atoms with van der Waals surface area (Å²) in [5.74, 6) is 6.09. The molecule has 0 unspecified atom stereocenters. The molecule has 0 aromatic rings. The molecular formula is C11H24N4O. The van der Waals surface area contributed by atoms with Crippen LogP contribution in [-0.4, -0.2) is 32.8 Å². The Morgan fingerprint density at radius 3 is 2.75 bits per heavy atom. The van der Waals surface area contributed by atoms with Crippen LogP contribution in [-0.2, 0) is 4.74 Å². The van der Waals surface area contributed by atoms with E-state index in [-0.39, 0.29) is 0 Å². The minimum atomic E-state index is 0.399. The second kappa shape index (κ2) is 6.70. The minimum absolute atomic E-state index is 0.399. The maximum absolute atomic E-state index is 5.40. The van der Waals surface area contributed by atoms with E-state index < -0.39 is 0 Å². The van der Waals surface area contributed by atoms with Gasteiger partial charge in [0.15, 0.2) is 0 Å². The van der Waals surface area contributed by atoms with Gasteiger partial charge in [0.2, 0.25) is 5.96 Å². The number of guanidine groups is 1. The first-order valence-corrected chi connectivity index (χ1v) is 5.94. The van der Waals surface area contributed by atoms with Gasteiger partial charge in [-0.3, -0.25) is 10.4 Å². The second-order valence-electron chi connectivity index (χ2n) is 4.75. The highest BCUT2D eigenvalue weighted by Crippen LogP contribution is 2.40. The molecular weight excluding hydrogens is 204 g/mol. The molecule has 1 rings (SSSR count). The van der Waals surface area contributed by atoms with Gasteiger partial charge in [-0.05, 0) is 24.7 Å². The normalized spacial score (nSPS) is 19.1. The first-order valence-electron chi connectivity index (χ1n) is 5.94. The molecule has 0 saturated heterocycles. The zero-order valence-corrected chi connectivity index (χ0v) is 10.4. The molecule has 0 aromatic heterocycles. The number of hydrazine groups is 1. The topological polar surface area (TPSA) is 71.7 Å². The van der Waals surface area contributed by atoms with Crippen molar-refractivity contribution in [1.82, 2.24) is 10.7 Å². The van der Waals surface area contributed by atoms with E-state index in [1.807, 2.05) is 0 Å². The fourth-order valence-electron chi connectivity index (χ4n) is 1.78. The van der Waals surface area contributed by atoms with E-state index in [1.165, 1.54) is 19.3 Å². The van der Waals surface area contributed by atoms with E-state index in [0.717, 1.165) is 26.1 Å². The number of methoxy groups -OCH3 is 1. The van der Waals surface area contributed by atoms with Crippen LogP contribution in [0.25, 0.3) is 0 Å². The van der Waals surface area contributed by atoms with Crippen LogP contribution in [0.1, 0.15) is 32.6 Å². The summed E-state index contributed by atoms with van der Waals surface area (Å²) in [5.41, 5.74) is 3.00. The van der Waals surface area contributed by atoms with Gasteiger partial charge >= 0.3 is 0 Å². The molecule has 0 heterocycles. The third kappa shape index (κ3) is 4.37. The van der Waals surface area contributed by atoms with Crippen molar-refractivity contribution >= 4 is 5.96 Å². The monoisotopic (exact) mass is 228 g/mol. The molecule has 4 N–H and O–H groups in total. The van der Waals surface area contributed by atoms with Gasteiger partial charge in [0.05, 0.1) is 0 Å². The Hall–Kier alpha value is -0.810. The Morgan fingerprint density at radius 2 is 2.25 bits per heavy atom.